The van der Waals surface area contributed by atoms with E-state index in [-0.39, 0.29) is 10.8 Å². The molecule has 2 N–H and O–H groups in total. The van der Waals surface area contributed by atoms with Gasteiger partial charge in [-0.2, -0.15) is 0 Å². The third-order valence-electron chi connectivity index (χ3n) is 3.60. The molecule has 25 heavy (non-hydrogen) atoms. The van der Waals surface area contributed by atoms with Crippen LogP contribution < -0.4 is 10.0 Å². The molecule has 1 aromatic heterocycles. The first kappa shape index (κ1) is 17.4. The average molecular weight is 375 g/mol. The zero-order valence-electron chi connectivity index (χ0n) is 14.0. The number of carbonyl (C=O) groups excluding carboxylic acids is 1. The highest BCUT2D eigenvalue weighted by Crippen LogP contribution is 2.32. The number of hydrogen-bond donors (Lipinski definition) is 2. The van der Waals surface area contributed by atoms with E-state index >= 15 is 0 Å². The van der Waals surface area contributed by atoms with Crippen LogP contribution in [0.15, 0.2) is 41.3 Å². The number of rotatable bonds is 4. The Balaban J connectivity index is 1.99. The number of carbonyl (C=O) groups is 1. The number of nitrogens with zero attached hydrogens (tertiary/aromatic N) is 1. The highest BCUT2D eigenvalue weighted by Gasteiger charge is 2.17. The van der Waals surface area contributed by atoms with Gasteiger partial charge < -0.3 is 5.32 Å². The van der Waals surface area contributed by atoms with Gasteiger partial charge in [0.2, 0.25) is 5.91 Å². The van der Waals surface area contributed by atoms with Gasteiger partial charge in [-0.05, 0) is 43.2 Å². The van der Waals surface area contributed by atoms with Crippen molar-refractivity contribution in [3.8, 4) is 0 Å². The summed E-state index contributed by atoms with van der Waals surface area (Å²) in [6.45, 7) is 5.03. The Kier molecular flexibility index (Phi) is 4.49. The van der Waals surface area contributed by atoms with Crippen LogP contribution in [0.5, 0.6) is 0 Å². The van der Waals surface area contributed by atoms with Gasteiger partial charge in [0.1, 0.15) is 0 Å². The Morgan fingerprint density at radius 3 is 2.52 bits per heavy atom. The number of anilines is 2. The Morgan fingerprint density at radius 1 is 1.12 bits per heavy atom. The van der Waals surface area contributed by atoms with Crippen molar-refractivity contribution < 1.29 is 13.2 Å². The highest BCUT2D eigenvalue weighted by molar-refractivity contribution is 7.92. The number of aromatic nitrogens is 1. The van der Waals surface area contributed by atoms with Crippen molar-refractivity contribution >= 4 is 48.3 Å². The maximum Gasteiger partial charge on any atom is 0.262 e. The van der Waals surface area contributed by atoms with Gasteiger partial charge in [0.05, 0.1) is 20.8 Å². The summed E-state index contributed by atoms with van der Waals surface area (Å²) in [5.74, 6) is -0.197. The minimum absolute atomic E-state index is 0.197. The lowest BCUT2D eigenvalue weighted by Crippen LogP contribution is -2.14. The number of hydrogen-bond acceptors (Lipinski definition) is 5. The lowest BCUT2D eigenvalue weighted by atomic mass is 10.2. The number of sulfonamides is 1. The van der Waals surface area contributed by atoms with Gasteiger partial charge in [-0.3, -0.25) is 9.52 Å². The van der Waals surface area contributed by atoms with E-state index in [1.165, 1.54) is 18.3 Å². The van der Waals surface area contributed by atoms with Crippen molar-refractivity contribution in [1.82, 2.24) is 4.98 Å². The quantitative estimate of drug-likeness (QED) is 0.728. The Morgan fingerprint density at radius 2 is 1.84 bits per heavy atom. The number of amides is 1. The van der Waals surface area contributed by atoms with Gasteiger partial charge in [-0.15, -0.1) is 0 Å². The molecule has 0 aliphatic carbocycles. The minimum Gasteiger partial charge on any atom is -0.302 e. The van der Waals surface area contributed by atoms with Crippen LogP contribution in [0.2, 0.25) is 0 Å². The number of benzene rings is 2. The van der Waals surface area contributed by atoms with Crippen LogP contribution in [0.3, 0.4) is 0 Å². The molecule has 3 rings (SSSR count). The van der Waals surface area contributed by atoms with Crippen LogP contribution in [0, 0.1) is 13.8 Å². The highest BCUT2D eigenvalue weighted by atomic mass is 32.2. The molecule has 0 aliphatic heterocycles. The number of fused-ring (bicyclic) bond motifs is 1. The molecule has 1 amide bonds. The molecule has 0 aliphatic rings. The fraction of sp³-hybridized carbons (Fsp3) is 0.176. The third-order valence-corrected chi connectivity index (χ3v) is 6.06. The molecule has 0 spiro atoms. The Bertz CT molecular complexity index is 1070. The summed E-state index contributed by atoms with van der Waals surface area (Å²) in [7, 11) is -3.68. The SMILES string of the molecule is CC(=O)Nc1nc2c(C)cc(NS(=O)(=O)c3ccccc3C)cc2s1. The summed E-state index contributed by atoms with van der Waals surface area (Å²) in [5.41, 5.74) is 2.71. The number of aryl methyl sites for hydroxylation is 2. The second-order valence-corrected chi connectivity index (χ2v) is 8.39. The summed E-state index contributed by atoms with van der Waals surface area (Å²) >= 11 is 1.30. The van der Waals surface area contributed by atoms with Crippen molar-refractivity contribution in [3.63, 3.8) is 0 Å². The summed E-state index contributed by atoms with van der Waals surface area (Å²) in [4.78, 5) is 15.8. The van der Waals surface area contributed by atoms with Crippen LogP contribution in [-0.4, -0.2) is 19.3 Å². The first-order valence-corrected chi connectivity index (χ1v) is 9.83. The first-order chi connectivity index (χ1) is 11.8. The van der Waals surface area contributed by atoms with Crippen LogP contribution in [0.4, 0.5) is 10.8 Å². The molecule has 2 aromatic carbocycles. The molecule has 0 unspecified atom stereocenters. The molecule has 6 nitrogen and oxygen atoms in total. The molecule has 130 valence electrons. The maximum absolute atomic E-state index is 12.6. The lowest BCUT2D eigenvalue weighted by molar-refractivity contribution is -0.114. The monoisotopic (exact) mass is 375 g/mol. The standard InChI is InChI=1S/C17H17N3O3S2/c1-10-6-4-5-7-15(10)25(22,23)20-13-8-11(2)16-14(9-13)24-17(19-16)18-12(3)21/h4-9,20H,1-3H3,(H,18,19,21). The van der Waals surface area contributed by atoms with Gasteiger partial charge in [-0.25, -0.2) is 13.4 Å². The van der Waals surface area contributed by atoms with E-state index in [2.05, 4.69) is 15.0 Å². The maximum atomic E-state index is 12.6. The summed E-state index contributed by atoms with van der Waals surface area (Å²) in [5, 5.41) is 3.14. The molecule has 8 heteroatoms. The van der Waals surface area contributed by atoms with Gasteiger partial charge in [-0.1, -0.05) is 29.5 Å². The molecule has 0 radical (unpaired) electrons. The fourth-order valence-corrected chi connectivity index (χ4v) is 4.84. The fourth-order valence-electron chi connectivity index (χ4n) is 2.53. The van der Waals surface area contributed by atoms with Crippen LogP contribution >= 0.6 is 11.3 Å². The van der Waals surface area contributed by atoms with Gasteiger partial charge in [0.25, 0.3) is 10.0 Å². The van der Waals surface area contributed by atoms with Crippen LogP contribution in [0.25, 0.3) is 10.2 Å². The summed E-state index contributed by atoms with van der Waals surface area (Å²) < 4.78 is 28.7. The van der Waals surface area contributed by atoms with Crippen molar-refractivity contribution in [2.45, 2.75) is 25.7 Å². The molecule has 0 saturated heterocycles. The van der Waals surface area contributed by atoms with E-state index in [0.717, 1.165) is 15.8 Å². The molecular formula is C17H17N3O3S2. The van der Waals surface area contributed by atoms with Crippen molar-refractivity contribution in [2.24, 2.45) is 0 Å². The van der Waals surface area contributed by atoms with E-state index in [4.69, 9.17) is 0 Å². The minimum atomic E-state index is -3.68. The van der Waals surface area contributed by atoms with E-state index in [0.29, 0.717) is 16.4 Å². The molecule has 3 aromatic rings. The number of nitrogens with one attached hydrogen (secondary N) is 2. The number of thiazole rings is 1. The summed E-state index contributed by atoms with van der Waals surface area (Å²) in [6.07, 6.45) is 0. The Labute approximate surface area is 150 Å². The van der Waals surface area contributed by atoms with Gasteiger partial charge >= 0.3 is 0 Å². The molecule has 0 saturated carbocycles. The topological polar surface area (TPSA) is 88.2 Å². The second kappa shape index (κ2) is 6.45. The second-order valence-electron chi connectivity index (χ2n) is 5.71. The summed E-state index contributed by atoms with van der Waals surface area (Å²) in [6, 6.07) is 10.3. The van der Waals surface area contributed by atoms with Crippen LogP contribution in [-0.2, 0) is 14.8 Å². The third kappa shape index (κ3) is 3.64. The predicted molar refractivity (Wildman–Crippen MR) is 101 cm³/mol. The zero-order chi connectivity index (χ0) is 18.2. The zero-order valence-corrected chi connectivity index (χ0v) is 15.6. The lowest BCUT2D eigenvalue weighted by Gasteiger charge is -2.11. The smallest absolute Gasteiger partial charge is 0.262 e. The van der Waals surface area contributed by atoms with Crippen molar-refractivity contribution in [3.05, 3.63) is 47.5 Å². The van der Waals surface area contributed by atoms with E-state index in [1.54, 1.807) is 43.3 Å². The largest absolute Gasteiger partial charge is 0.302 e. The van der Waals surface area contributed by atoms with Gasteiger partial charge in [0, 0.05) is 6.92 Å². The van der Waals surface area contributed by atoms with Crippen LogP contribution in [0.1, 0.15) is 18.1 Å². The average Bonchev–Trinajstić information content (AvgIpc) is 2.89. The van der Waals surface area contributed by atoms with Crippen molar-refractivity contribution in [1.29, 1.82) is 0 Å². The normalized spacial score (nSPS) is 11.5. The first-order valence-electron chi connectivity index (χ1n) is 7.53. The van der Waals surface area contributed by atoms with Crippen molar-refractivity contribution in [2.75, 3.05) is 10.0 Å². The molecule has 1 heterocycles. The molecular weight excluding hydrogens is 358 g/mol. The predicted octanol–water partition coefficient (Wildman–Crippen LogP) is 3.67. The Hall–Kier alpha value is -2.45. The van der Waals surface area contributed by atoms with E-state index < -0.39 is 10.0 Å². The molecule has 0 atom stereocenters. The molecule has 0 fully saturated rings. The van der Waals surface area contributed by atoms with Gasteiger partial charge in [0.15, 0.2) is 5.13 Å². The van der Waals surface area contributed by atoms with E-state index in [9.17, 15) is 13.2 Å². The van der Waals surface area contributed by atoms with E-state index in [1.807, 2.05) is 6.92 Å². The molecule has 0 bridgehead atoms.